The normalized spacial score (nSPS) is 13.6. The number of amides is 3. The van der Waals surface area contributed by atoms with Crippen molar-refractivity contribution in [1.82, 2.24) is 15.3 Å². The van der Waals surface area contributed by atoms with Gasteiger partial charge in [0.25, 0.3) is 0 Å². The number of urea groups is 1. The third-order valence-corrected chi connectivity index (χ3v) is 4.25. The Morgan fingerprint density at radius 1 is 1.29 bits per heavy atom. The summed E-state index contributed by atoms with van der Waals surface area (Å²) in [6.45, 7) is 7.47. The summed E-state index contributed by atoms with van der Waals surface area (Å²) in [6.07, 6.45) is 6.99. The molecule has 1 fully saturated rings. The summed E-state index contributed by atoms with van der Waals surface area (Å²) in [5.41, 5.74) is 2.27. The number of carbonyl (C=O) groups is 2. The van der Waals surface area contributed by atoms with Crippen LogP contribution in [0.3, 0.4) is 0 Å². The van der Waals surface area contributed by atoms with E-state index in [4.69, 9.17) is 4.74 Å². The molecule has 0 aliphatic heterocycles. The Morgan fingerprint density at radius 3 is 2.71 bits per heavy atom. The van der Waals surface area contributed by atoms with Gasteiger partial charge in [-0.15, -0.1) is 0 Å². The minimum atomic E-state index is -0.584. The quantitative estimate of drug-likeness (QED) is 0.734. The van der Waals surface area contributed by atoms with E-state index in [0.717, 1.165) is 24.1 Å². The van der Waals surface area contributed by atoms with Crippen molar-refractivity contribution in [1.29, 1.82) is 0 Å². The molecule has 0 saturated heterocycles. The summed E-state index contributed by atoms with van der Waals surface area (Å²) >= 11 is 0. The van der Waals surface area contributed by atoms with Crippen LogP contribution in [0.1, 0.15) is 31.2 Å². The molecule has 0 radical (unpaired) electrons. The number of ether oxygens (including phenoxy) is 1. The van der Waals surface area contributed by atoms with Gasteiger partial charge in [0.2, 0.25) is 5.91 Å². The molecule has 7 nitrogen and oxygen atoms in total. The fourth-order valence-corrected chi connectivity index (χ4v) is 2.56. The summed E-state index contributed by atoms with van der Waals surface area (Å²) in [6, 6.07) is 6.32. The van der Waals surface area contributed by atoms with Crippen LogP contribution >= 0.6 is 0 Å². The highest BCUT2D eigenvalue weighted by molar-refractivity contribution is 6.02. The molecule has 3 rings (SSSR count). The molecule has 2 N–H and O–H groups in total. The molecule has 7 heteroatoms. The van der Waals surface area contributed by atoms with Crippen LogP contribution in [0.5, 0.6) is 11.5 Å². The number of aromatic nitrogens is 2. The molecule has 0 atom stereocenters. The lowest BCUT2D eigenvalue weighted by Gasteiger charge is -2.11. The van der Waals surface area contributed by atoms with Gasteiger partial charge in [-0.2, -0.15) is 0 Å². The lowest BCUT2D eigenvalue weighted by Crippen LogP contribution is -2.35. The molecule has 28 heavy (non-hydrogen) atoms. The number of nitrogens with one attached hydrogen (secondary N) is 2. The molecule has 1 aliphatic rings. The Kier molecular flexibility index (Phi) is 5.84. The van der Waals surface area contributed by atoms with E-state index in [-0.39, 0.29) is 11.8 Å². The lowest BCUT2D eigenvalue weighted by molar-refractivity contribution is -0.121. The topological polar surface area (TPSA) is 93.2 Å². The Labute approximate surface area is 163 Å². The molecule has 1 saturated carbocycles. The minimum Gasteiger partial charge on any atom is -0.455 e. The van der Waals surface area contributed by atoms with Gasteiger partial charge in [-0.05, 0) is 50.5 Å². The summed E-state index contributed by atoms with van der Waals surface area (Å²) in [5, 5.41) is 4.87. The van der Waals surface area contributed by atoms with Gasteiger partial charge in [-0.3, -0.25) is 20.4 Å². The Bertz CT molecular complexity index is 948. The standard InChI is InChI=1S/C21H22N4O3/c1-4-14(5-2)17-12-16(10-11-22-17)28-18-8-9-19(23-13(18)3)24-21(27)25-20(26)15-6-7-15/h4-5,8-12,15H,1,6-7H2,2-3H3,(H2,23,24,25,26,27)/b14-5+. The number of imide groups is 1. The van der Waals surface area contributed by atoms with Gasteiger partial charge in [-0.25, -0.2) is 9.78 Å². The molecule has 2 aromatic rings. The van der Waals surface area contributed by atoms with Crippen LogP contribution in [-0.2, 0) is 4.79 Å². The van der Waals surface area contributed by atoms with Crippen molar-refractivity contribution in [3.63, 3.8) is 0 Å². The molecule has 2 aromatic heterocycles. The first-order valence-electron chi connectivity index (χ1n) is 9.02. The third-order valence-electron chi connectivity index (χ3n) is 4.25. The molecule has 3 amide bonds. The fourth-order valence-electron chi connectivity index (χ4n) is 2.56. The molecule has 1 aliphatic carbocycles. The largest absolute Gasteiger partial charge is 0.455 e. The highest BCUT2D eigenvalue weighted by Crippen LogP contribution is 2.29. The molecule has 144 valence electrons. The van der Waals surface area contributed by atoms with Gasteiger partial charge < -0.3 is 4.74 Å². The van der Waals surface area contributed by atoms with Crippen molar-refractivity contribution in [2.75, 3.05) is 5.32 Å². The number of hydrogen-bond acceptors (Lipinski definition) is 5. The number of allylic oxidation sites excluding steroid dienone is 3. The highest BCUT2D eigenvalue weighted by atomic mass is 16.5. The third kappa shape index (κ3) is 4.82. The molecule has 0 spiro atoms. The highest BCUT2D eigenvalue weighted by Gasteiger charge is 2.30. The summed E-state index contributed by atoms with van der Waals surface area (Å²) < 4.78 is 5.91. The monoisotopic (exact) mass is 378 g/mol. The molecular formula is C21H22N4O3. The second kappa shape index (κ2) is 8.47. The van der Waals surface area contributed by atoms with E-state index >= 15 is 0 Å². The van der Waals surface area contributed by atoms with Crippen LogP contribution in [0.4, 0.5) is 10.6 Å². The smallest absolute Gasteiger partial charge is 0.327 e. The SMILES string of the molecule is C=C/C(=C\C)c1cc(Oc2ccc(NC(=O)NC(=O)C3CC3)nc2C)ccn1. The Morgan fingerprint density at radius 2 is 2.07 bits per heavy atom. The molecule has 2 heterocycles. The number of hydrogen-bond donors (Lipinski definition) is 2. The predicted octanol–water partition coefficient (Wildman–Crippen LogP) is 4.22. The van der Waals surface area contributed by atoms with Crippen LogP contribution < -0.4 is 15.4 Å². The van der Waals surface area contributed by atoms with E-state index < -0.39 is 6.03 Å². The van der Waals surface area contributed by atoms with Crippen LogP contribution in [0.25, 0.3) is 5.57 Å². The average molecular weight is 378 g/mol. The summed E-state index contributed by atoms with van der Waals surface area (Å²) in [4.78, 5) is 32.1. The number of anilines is 1. The van der Waals surface area contributed by atoms with Crippen LogP contribution in [0.15, 0.2) is 49.2 Å². The Balaban J connectivity index is 1.67. The maximum Gasteiger partial charge on any atom is 0.327 e. The van der Waals surface area contributed by atoms with Crippen molar-refractivity contribution in [2.24, 2.45) is 5.92 Å². The summed E-state index contributed by atoms with van der Waals surface area (Å²) in [5.74, 6) is 1.22. The number of nitrogens with zero attached hydrogens (tertiary/aromatic N) is 2. The average Bonchev–Trinajstić information content (AvgIpc) is 3.51. The fraction of sp³-hybridized carbons (Fsp3) is 0.238. The van der Waals surface area contributed by atoms with Crippen molar-refractivity contribution in [3.8, 4) is 11.5 Å². The molecule has 0 unspecified atom stereocenters. The predicted molar refractivity (Wildman–Crippen MR) is 107 cm³/mol. The van der Waals surface area contributed by atoms with E-state index in [1.54, 1.807) is 37.4 Å². The number of aryl methyl sites for hydroxylation is 1. The summed E-state index contributed by atoms with van der Waals surface area (Å²) in [7, 11) is 0. The van der Waals surface area contributed by atoms with E-state index in [1.165, 1.54) is 0 Å². The number of pyridine rings is 2. The zero-order valence-electron chi connectivity index (χ0n) is 15.9. The zero-order valence-corrected chi connectivity index (χ0v) is 15.9. The number of rotatable bonds is 6. The number of carbonyl (C=O) groups excluding carboxylic acids is 2. The molecule has 0 aromatic carbocycles. The maximum atomic E-state index is 11.9. The van der Waals surface area contributed by atoms with Crippen molar-refractivity contribution in [2.45, 2.75) is 26.7 Å². The van der Waals surface area contributed by atoms with Gasteiger partial charge in [-0.1, -0.05) is 18.7 Å². The second-order valence-corrected chi connectivity index (χ2v) is 6.42. The Hall–Kier alpha value is -3.48. The second-order valence-electron chi connectivity index (χ2n) is 6.42. The first-order chi connectivity index (χ1) is 13.5. The lowest BCUT2D eigenvalue weighted by atomic mass is 10.1. The minimum absolute atomic E-state index is 0.0365. The molecular weight excluding hydrogens is 356 g/mol. The van der Waals surface area contributed by atoms with Gasteiger partial charge in [0.05, 0.1) is 11.4 Å². The van der Waals surface area contributed by atoms with Gasteiger partial charge >= 0.3 is 6.03 Å². The van der Waals surface area contributed by atoms with Crippen molar-refractivity contribution in [3.05, 3.63) is 60.6 Å². The zero-order chi connectivity index (χ0) is 20.1. The van der Waals surface area contributed by atoms with Crippen LogP contribution in [0, 0.1) is 12.8 Å². The van der Waals surface area contributed by atoms with Crippen molar-refractivity contribution >= 4 is 23.3 Å². The van der Waals surface area contributed by atoms with E-state index in [9.17, 15) is 9.59 Å². The first kappa shape index (κ1) is 19.3. The van der Waals surface area contributed by atoms with E-state index in [1.807, 2.05) is 19.1 Å². The van der Waals surface area contributed by atoms with Gasteiger partial charge in [0.1, 0.15) is 17.3 Å². The molecule has 0 bridgehead atoms. The van der Waals surface area contributed by atoms with Gasteiger partial charge in [0.15, 0.2) is 0 Å². The van der Waals surface area contributed by atoms with Crippen LogP contribution in [0.2, 0.25) is 0 Å². The van der Waals surface area contributed by atoms with Gasteiger partial charge in [0, 0.05) is 18.2 Å². The van der Waals surface area contributed by atoms with Crippen LogP contribution in [-0.4, -0.2) is 21.9 Å². The van der Waals surface area contributed by atoms with E-state index in [2.05, 4.69) is 27.2 Å². The van der Waals surface area contributed by atoms with E-state index in [0.29, 0.717) is 23.0 Å². The van der Waals surface area contributed by atoms with Crippen molar-refractivity contribution < 1.29 is 14.3 Å². The first-order valence-corrected chi connectivity index (χ1v) is 9.02. The maximum absolute atomic E-state index is 11.9.